The summed E-state index contributed by atoms with van der Waals surface area (Å²) in [5.41, 5.74) is 1.25. The zero-order valence-corrected chi connectivity index (χ0v) is 18.5. The number of nitrogens with one attached hydrogen (secondary N) is 1. The highest BCUT2D eigenvalue weighted by atomic mass is 16.6. The number of esters is 1. The lowest BCUT2D eigenvalue weighted by atomic mass is 9.49. The van der Waals surface area contributed by atoms with Crippen molar-refractivity contribution in [1.29, 1.82) is 0 Å². The number of benzene rings is 1. The number of ether oxygens (including phenoxy) is 3. The molecule has 1 aromatic rings. The molecule has 4 bridgehead atoms. The molecule has 6 nitrogen and oxygen atoms in total. The fourth-order valence-corrected chi connectivity index (χ4v) is 6.27. The van der Waals surface area contributed by atoms with E-state index in [4.69, 9.17) is 14.2 Å². The second-order valence-corrected chi connectivity index (χ2v) is 9.55. The highest BCUT2D eigenvalue weighted by Gasteiger charge is 2.50. The van der Waals surface area contributed by atoms with Crippen LogP contribution in [0.1, 0.15) is 51.0 Å². The molecule has 1 amide bonds. The van der Waals surface area contributed by atoms with Gasteiger partial charge >= 0.3 is 5.97 Å². The normalized spacial score (nSPS) is 28.5. The van der Waals surface area contributed by atoms with Gasteiger partial charge in [-0.2, -0.15) is 0 Å². The highest BCUT2D eigenvalue weighted by molar-refractivity contribution is 5.81. The summed E-state index contributed by atoms with van der Waals surface area (Å²) >= 11 is 0. The van der Waals surface area contributed by atoms with Gasteiger partial charge in [0.2, 0.25) is 0 Å². The van der Waals surface area contributed by atoms with E-state index in [-0.39, 0.29) is 24.5 Å². The van der Waals surface area contributed by atoms with Gasteiger partial charge in [-0.25, -0.2) is 4.79 Å². The van der Waals surface area contributed by atoms with Crippen LogP contribution < -0.4 is 14.8 Å². The average Bonchev–Trinajstić information content (AvgIpc) is 2.74. The third-order valence-corrected chi connectivity index (χ3v) is 7.08. The van der Waals surface area contributed by atoms with E-state index < -0.39 is 5.97 Å². The minimum Gasteiger partial charge on any atom is -0.493 e. The van der Waals surface area contributed by atoms with Gasteiger partial charge in [-0.15, -0.1) is 0 Å². The van der Waals surface area contributed by atoms with Gasteiger partial charge in [-0.05, 0) is 86.3 Å². The van der Waals surface area contributed by atoms with Crippen LogP contribution in [0.2, 0.25) is 0 Å². The maximum Gasteiger partial charge on any atom is 0.344 e. The predicted octanol–water partition coefficient (Wildman–Crippen LogP) is 3.98. The topological polar surface area (TPSA) is 73.9 Å². The summed E-state index contributed by atoms with van der Waals surface area (Å²) in [5.74, 6) is 2.73. The smallest absolute Gasteiger partial charge is 0.344 e. The first-order chi connectivity index (χ1) is 15.0. The lowest BCUT2D eigenvalue weighted by Crippen LogP contribution is -2.51. The van der Waals surface area contributed by atoms with E-state index >= 15 is 0 Å². The Bertz CT molecular complexity index is 811. The number of hydrogen-bond donors (Lipinski definition) is 1. The summed E-state index contributed by atoms with van der Waals surface area (Å²) in [6, 6.07) is 5.46. The van der Waals surface area contributed by atoms with E-state index in [0.717, 1.165) is 23.3 Å². The van der Waals surface area contributed by atoms with Gasteiger partial charge in [0.15, 0.2) is 24.7 Å². The Morgan fingerprint density at radius 1 is 1.06 bits per heavy atom. The van der Waals surface area contributed by atoms with Crippen molar-refractivity contribution in [2.75, 3.05) is 26.9 Å². The molecule has 5 rings (SSSR count). The molecule has 0 aromatic heterocycles. The molecule has 1 aromatic carbocycles. The van der Waals surface area contributed by atoms with Gasteiger partial charge in [0, 0.05) is 6.54 Å². The Morgan fingerprint density at radius 3 is 2.35 bits per heavy atom. The molecule has 4 aliphatic carbocycles. The molecule has 0 atom stereocenters. The molecule has 0 saturated heterocycles. The zero-order valence-electron chi connectivity index (χ0n) is 18.5. The van der Waals surface area contributed by atoms with E-state index in [1.54, 1.807) is 13.2 Å². The minimum absolute atomic E-state index is 0.239. The van der Waals surface area contributed by atoms with Crippen molar-refractivity contribution in [2.24, 2.45) is 23.2 Å². The van der Waals surface area contributed by atoms with Crippen LogP contribution in [-0.4, -0.2) is 38.7 Å². The van der Waals surface area contributed by atoms with Crippen molar-refractivity contribution in [3.8, 4) is 11.5 Å². The molecular weight excluding hydrogens is 394 g/mol. The molecule has 4 fully saturated rings. The highest BCUT2D eigenvalue weighted by Crippen LogP contribution is 2.59. The van der Waals surface area contributed by atoms with Crippen LogP contribution in [0.15, 0.2) is 24.3 Å². The van der Waals surface area contributed by atoms with Gasteiger partial charge in [-0.3, -0.25) is 4.79 Å². The van der Waals surface area contributed by atoms with Gasteiger partial charge in [0.1, 0.15) is 0 Å². The molecule has 0 spiro atoms. The summed E-state index contributed by atoms with van der Waals surface area (Å²) in [6.07, 6.45) is 11.7. The van der Waals surface area contributed by atoms with Crippen LogP contribution in [0.3, 0.4) is 0 Å². The third-order valence-electron chi connectivity index (χ3n) is 7.08. The SMILES string of the molecule is C/C=C/c1ccc(OCC(=O)OCC(=O)NCC23CC4CC(CC(C4)C2)C3)c(OC)c1. The van der Waals surface area contributed by atoms with Crippen LogP contribution in [0.25, 0.3) is 6.08 Å². The maximum absolute atomic E-state index is 12.3. The van der Waals surface area contributed by atoms with Crippen molar-refractivity contribution in [2.45, 2.75) is 45.4 Å². The van der Waals surface area contributed by atoms with Crippen LogP contribution >= 0.6 is 0 Å². The van der Waals surface area contributed by atoms with Crippen LogP contribution in [0.5, 0.6) is 11.5 Å². The van der Waals surface area contributed by atoms with Crippen molar-refractivity contribution in [1.82, 2.24) is 5.32 Å². The van der Waals surface area contributed by atoms with E-state index in [1.807, 2.05) is 31.2 Å². The molecular formula is C25H33NO5. The summed E-state index contributed by atoms with van der Waals surface area (Å²) < 4.78 is 15.9. The van der Waals surface area contributed by atoms with E-state index in [9.17, 15) is 9.59 Å². The van der Waals surface area contributed by atoms with Crippen LogP contribution in [0, 0.1) is 23.2 Å². The van der Waals surface area contributed by atoms with E-state index in [0.29, 0.717) is 18.0 Å². The lowest BCUT2D eigenvalue weighted by molar-refractivity contribution is -0.150. The predicted molar refractivity (Wildman–Crippen MR) is 118 cm³/mol. The summed E-state index contributed by atoms with van der Waals surface area (Å²) in [7, 11) is 1.55. The molecule has 31 heavy (non-hydrogen) atoms. The van der Waals surface area contributed by atoms with Crippen LogP contribution in [0.4, 0.5) is 0 Å². The Balaban J connectivity index is 1.19. The van der Waals surface area contributed by atoms with Crippen molar-refractivity contribution in [3.05, 3.63) is 29.8 Å². The largest absolute Gasteiger partial charge is 0.493 e. The first-order valence-corrected chi connectivity index (χ1v) is 11.3. The Hall–Kier alpha value is -2.50. The first-order valence-electron chi connectivity index (χ1n) is 11.3. The number of allylic oxidation sites excluding steroid dienone is 1. The summed E-state index contributed by atoms with van der Waals surface area (Å²) in [6.45, 7) is 2.10. The molecule has 1 N–H and O–H groups in total. The summed E-state index contributed by atoms with van der Waals surface area (Å²) in [5, 5.41) is 3.02. The molecule has 4 saturated carbocycles. The Labute approximate surface area is 184 Å². The quantitative estimate of drug-likeness (QED) is 0.604. The van der Waals surface area contributed by atoms with E-state index in [1.165, 1.54) is 38.5 Å². The fourth-order valence-electron chi connectivity index (χ4n) is 6.27. The fraction of sp³-hybridized carbons (Fsp3) is 0.600. The second kappa shape index (κ2) is 9.33. The van der Waals surface area contributed by atoms with Gasteiger partial charge in [0.05, 0.1) is 7.11 Å². The van der Waals surface area contributed by atoms with Crippen LogP contribution in [-0.2, 0) is 14.3 Å². The van der Waals surface area contributed by atoms with Crippen molar-refractivity contribution >= 4 is 18.0 Å². The lowest BCUT2D eigenvalue weighted by Gasteiger charge is -2.56. The molecule has 4 aliphatic rings. The number of carbonyl (C=O) groups is 2. The molecule has 6 heteroatoms. The Morgan fingerprint density at radius 2 is 1.74 bits per heavy atom. The first kappa shape index (κ1) is 21.7. The average molecular weight is 428 g/mol. The third kappa shape index (κ3) is 5.23. The number of methoxy groups -OCH3 is 1. The summed E-state index contributed by atoms with van der Waals surface area (Å²) in [4.78, 5) is 24.3. The number of rotatable bonds is 9. The monoisotopic (exact) mass is 427 g/mol. The molecule has 0 unspecified atom stereocenters. The zero-order chi connectivity index (χ0) is 21.8. The molecule has 0 radical (unpaired) electrons. The van der Waals surface area contributed by atoms with Crippen molar-refractivity contribution in [3.63, 3.8) is 0 Å². The second-order valence-electron chi connectivity index (χ2n) is 9.55. The Kier molecular flexibility index (Phi) is 6.54. The van der Waals surface area contributed by atoms with E-state index in [2.05, 4.69) is 5.32 Å². The number of carbonyl (C=O) groups excluding carboxylic acids is 2. The van der Waals surface area contributed by atoms with Gasteiger partial charge in [0.25, 0.3) is 5.91 Å². The number of hydrogen-bond acceptors (Lipinski definition) is 5. The molecule has 0 aliphatic heterocycles. The standard InChI is InChI=1S/C25H33NO5/c1-3-4-17-5-6-21(22(10-17)29-2)30-15-24(28)31-14-23(27)26-16-25-11-18-7-19(12-25)9-20(8-18)13-25/h3-6,10,18-20H,7-9,11-16H2,1-2H3,(H,26,27)/b4-3+. The van der Waals surface area contributed by atoms with Crippen molar-refractivity contribution < 1.29 is 23.8 Å². The number of amides is 1. The molecule has 168 valence electrons. The molecule has 0 heterocycles. The maximum atomic E-state index is 12.3. The van der Waals surface area contributed by atoms with Gasteiger partial charge in [-0.1, -0.05) is 18.2 Å². The van der Waals surface area contributed by atoms with Gasteiger partial charge < -0.3 is 19.5 Å². The minimum atomic E-state index is -0.579.